The fraction of sp³-hybridized carbons (Fsp3) is 0.611. The molecule has 0 aliphatic heterocycles. The Bertz CT molecular complexity index is 415. The van der Waals surface area contributed by atoms with Crippen molar-refractivity contribution in [1.82, 2.24) is 0 Å². The Balaban J connectivity index is 2.26. The van der Waals surface area contributed by atoms with Crippen molar-refractivity contribution in [2.24, 2.45) is 0 Å². The number of hydrogen-bond donors (Lipinski definition) is 0. The Morgan fingerprint density at radius 3 is 2.15 bits per heavy atom. The lowest BCUT2D eigenvalue weighted by molar-refractivity contribution is -0.124. The molecule has 0 aromatic heterocycles. The molecule has 2 rings (SSSR count). The lowest BCUT2D eigenvalue weighted by Crippen LogP contribution is -2.37. The van der Waals surface area contributed by atoms with Gasteiger partial charge in [-0.15, -0.1) is 0 Å². The smallest absolute Gasteiger partial charge is 0.144 e. The number of carbonyl (C=O) groups is 1. The van der Waals surface area contributed by atoms with Gasteiger partial charge < -0.3 is 0 Å². The Labute approximate surface area is 131 Å². The molecule has 1 atom stereocenters. The summed E-state index contributed by atoms with van der Waals surface area (Å²) in [5.74, 6) is 0.433. The monoisotopic (exact) mass is 336 g/mol. The third kappa shape index (κ3) is 3.72. The summed E-state index contributed by atoms with van der Waals surface area (Å²) in [6, 6.07) is 10.4. The molecule has 0 bridgehead atoms. The van der Waals surface area contributed by atoms with Gasteiger partial charge in [-0.3, -0.25) is 4.79 Å². The van der Waals surface area contributed by atoms with E-state index in [1.807, 2.05) is 6.07 Å². The second kappa shape index (κ2) is 7.97. The van der Waals surface area contributed by atoms with Gasteiger partial charge >= 0.3 is 0 Å². The molecule has 110 valence electrons. The third-order valence-corrected chi connectivity index (χ3v) is 5.55. The topological polar surface area (TPSA) is 17.1 Å². The summed E-state index contributed by atoms with van der Waals surface area (Å²) in [6.07, 6.45) is 10.4. The Hall–Kier alpha value is -0.630. The highest BCUT2D eigenvalue weighted by Crippen LogP contribution is 2.35. The van der Waals surface area contributed by atoms with Gasteiger partial charge in [0.15, 0.2) is 0 Å². The zero-order valence-electron chi connectivity index (χ0n) is 12.2. The van der Waals surface area contributed by atoms with Crippen LogP contribution in [0.2, 0.25) is 0 Å². The minimum Gasteiger partial charge on any atom is -0.299 e. The van der Waals surface area contributed by atoms with E-state index in [2.05, 4.69) is 40.2 Å². The van der Waals surface area contributed by atoms with Crippen molar-refractivity contribution in [2.45, 2.75) is 63.2 Å². The second-order valence-corrected chi connectivity index (χ2v) is 6.54. The summed E-state index contributed by atoms with van der Waals surface area (Å²) in [5.41, 5.74) is 0.895. The summed E-state index contributed by atoms with van der Waals surface area (Å²) >= 11 is 3.65. The maximum absolute atomic E-state index is 12.9. The number of alkyl halides is 1. The van der Waals surface area contributed by atoms with E-state index in [0.717, 1.165) is 31.0 Å². The Kier molecular flexibility index (Phi) is 6.28. The normalized spacial score (nSPS) is 25.9. The molecule has 2 heteroatoms. The summed E-state index contributed by atoms with van der Waals surface area (Å²) in [5, 5.41) is 0.753. The van der Waals surface area contributed by atoms with E-state index in [1.54, 1.807) is 0 Å². The van der Waals surface area contributed by atoms with Gasteiger partial charge in [-0.2, -0.15) is 0 Å². The molecule has 1 nitrogen and oxygen atoms in total. The molecule has 0 amide bonds. The molecule has 1 saturated carbocycles. The lowest BCUT2D eigenvalue weighted by atomic mass is 9.73. The van der Waals surface area contributed by atoms with Crippen molar-refractivity contribution in [3.63, 3.8) is 0 Å². The fourth-order valence-corrected chi connectivity index (χ4v) is 4.17. The van der Waals surface area contributed by atoms with Crippen LogP contribution in [0.1, 0.15) is 63.4 Å². The predicted octanol–water partition coefficient (Wildman–Crippen LogP) is 5.41. The zero-order valence-corrected chi connectivity index (χ0v) is 13.8. The first-order valence-corrected chi connectivity index (χ1v) is 9.06. The number of halogens is 1. The van der Waals surface area contributed by atoms with Gasteiger partial charge in [-0.1, -0.05) is 84.8 Å². The number of hydrogen-bond acceptors (Lipinski definition) is 1. The summed E-state index contributed by atoms with van der Waals surface area (Å²) in [4.78, 5) is 12.9. The minimum atomic E-state index is -0.300. The van der Waals surface area contributed by atoms with E-state index in [-0.39, 0.29) is 5.41 Å². The highest BCUT2D eigenvalue weighted by Gasteiger charge is 2.37. The van der Waals surface area contributed by atoms with E-state index in [0.29, 0.717) is 5.78 Å². The van der Waals surface area contributed by atoms with Crippen LogP contribution in [0.15, 0.2) is 30.3 Å². The maximum atomic E-state index is 12.9. The summed E-state index contributed by atoms with van der Waals surface area (Å²) in [6.45, 7) is 0. The molecule has 0 radical (unpaired) electrons. The number of benzene rings is 1. The van der Waals surface area contributed by atoms with Gasteiger partial charge in [0, 0.05) is 11.8 Å². The Morgan fingerprint density at radius 1 is 0.900 bits per heavy atom. The van der Waals surface area contributed by atoms with Crippen LogP contribution in [0.4, 0.5) is 0 Å². The van der Waals surface area contributed by atoms with Crippen LogP contribution in [0.25, 0.3) is 0 Å². The molecule has 0 N–H and O–H groups in total. The van der Waals surface area contributed by atoms with E-state index in [4.69, 9.17) is 0 Å². The van der Waals surface area contributed by atoms with Crippen molar-refractivity contribution >= 4 is 21.7 Å². The van der Waals surface area contributed by atoms with Crippen molar-refractivity contribution in [2.75, 3.05) is 5.33 Å². The Morgan fingerprint density at radius 2 is 1.50 bits per heavy atom. The average Bonchev–Trinajstić information content (AvgIpc) is 2.53. The standard InChI is InChI=1S/C18H25BrO/c19-15-18(16-11-7-6-8-12-16)14-10-5-3-1-2-4-9-13-17(18)20/h6-8,11-12H,1-5,9-10,13-15H2. The van der Waals surface area contributed by atoms with Crippen LogP contribution in [0.5, 0.6) is 0 Å². The van der Waals surface area contributed by atoms with Gasteiger partial charge in [0.05, 0.1) is 5.41 Å². The average molecular weight is 337 g/mol. The molecular weight excluding hydrogens is 312 g/mol. The fourth-order valence-electron chi connectivity index (χ4n) is 3.26. The van der Waals surface area contributed by atoms with Crippen molar-refractivity contribution in [3.05, 3.63) is 35.9 Å². The second-order valence-electron chi connectivity index (χ2n) is 5.98. The highest BCUT2D eigenvalue weighted by molar-refractivity contribution is 9.09. The van der Waals surface area contributed by atoms with Gasteiger partial charge in [0.2, 0.25) is 0 Å². The van der Waals surface area contributed by atoms with Crippen molar-refractivity contribution in [3.8, 4) is 0 Å². The lowest BCUT2D eigenvalue weighted by Gasteiger charge is -2.31. The van der Waals surface area contributed by atoms with Crippen molar-refractivity contribution in [1.29, 1.82) is 0 Å². The number of ketones is 1. The quantitative estimate of drug-likeness (QED) is 0.659. The van der Waals surface area contributed by atoms with E-state index in [9.17, 15) is 4.79 Å². The molecule has 1 aliphatic carbocycles. The summed E-state index contributed by atoms with van der Waals surface area (Å²) in [7, 11) is 0. The van der Waals surface area contributed by atoms with E-state index in [1.165, 1.54) is 37.7 Å². The van der Waals surface area contributed by atoms with Gasteiger partial charge in [-0.25, -0.2) is 0 Å². The molecule has 1 aromatic carbocycles. The SMILES string of the molecule is O=C1CCCCCCCCCC1(CBr)c1ccccc1. The molecule has 1 fully saturated rings. The van der Waals surface area contributed by atoms with Crippen LogP contribution in [0.3, 0.4) is 0 Å². The van der Waals surface area contributed by atoms with Crippen molar-refractivity contribution < 1.29 is 4.79 Å². The van der Waals surface area contributed by atoms with Gasteiger partial charge in [0.1, 0.15) is 5.78 Å². The first kappa shape index (κ1) is 15.8. The molecular formula is C18H25BrO. The van der Waals surface area contributed by atoms with Crippen LogP contribution < -0.4 is 0 Å². The molecule has 20 heavy (non-hydrogen) atoms. The molecule has 1 aliphatic rings. The highest BCUT2D eigenvalue weighted by atomic mass is 79.9. The largest absolute Gasteiger partial charge is 0.299 e. The van der Waals surface area contributed by atoms with Crippen LogP contribution in [-0.4, -0.2) is 11.1 Å². The number of Topliss-reactive ketones (excluding diaryl/α,β-unsaturated/α-hetero) is 1. The zero-order chi connectivity index (χ0) is 14.3. The predicted molar refractivity (Wildman–Crippen MR) is 88.5 cm³/mol. The molecule has 0 heterocycles. The van der Waals surface area contributed by atoms with Crippen LogP contribution in [0, 0.1) is 0 Å². The number of carbonyl (C=O) groups excluding carboxylic acids is 1. The first-order valence-electron chi connectivity index (χ1n) is 7.94. The molecule has 0 spiro atoms. The molecule has 0 saturated heterocycles. The minimum absolute atomic E-state index is 0.300. The summed E-state index contributed by atoms with van der Waals surface area (Å²) < 4.78 is 0. The molecule has 1 unspecified atom stereocenters. The number of rotatable bonds is 2. The van der Waals surface area contributed by atoms with Crippen LogP contribution in [-0.2, 0) is 10.2 Å². The maximum Gasteiger partial charge on any atom is 0.144 e. The first-order chi connectivity index (χ1) is 9.79. The molecule has 1 aromatic rings. The van der Waals surface area contributed by atoms with Gasteiger partial charge in [0.25, 0.3) is 0 Å². The van der Waals surface area contributed by atoms with Crippen LogP contribution >= 0.6 is 15.9 Å². The van der Waals surface area contributed by atoms with Gasteiger partial charge in [-0.05, 0) is 18.4 Å². The van der Waals surface area contributed by atoms with E-state index >= 15 is 0 Å². The third-order valence-electron chi connectivity index (χ3n) is 4.60. The van der Waals surface area contributed by atoms with E-state index < -0.39 is 0 Å².